The number of anilines is 1. The van der Waals surface area contributed by atoms with Crippen LogP contribution in [0.5, 0.6) is 5.75 Å². The molecule has 4 N–H and O–H groups in total. The number of hydrazine groups is 1. The van der Waals surface area contributed by atoms with Gasteiger partial charge >= 0.3 is 6.03 Å². The van der Waals surface area contributed by atoms with E-state index < -0.39 is 17.6 Å². The lowest BCUT2D eigenvalue weighted by Crippen LogP contribution is -2.42. The van der Waals surface area contributed by atoms with Gasteiger partial charge in [0.15, 0.2) is 0 Å². The van der Waals surface area contributed by atoms with Crippen LogP contribution in [0.1, 0.15) is 17.2 Å². The predicted molar refractivity (Wildman–Crippen MR) is 117 cm³/mol. The van der Waals surface area contributed by atoms with Crippen molar-refractivity contribution in [2.75, 3.05) is 19.0 Å². The standard InChI is InChI=1S/C22H23N5O3/c1-26(2)14-10-8-13(9-11-14)16-12-17(23-22(30)25-24-16)19-20(28)15-6-4-5-7-18(15)27(3)21(19)29/h4-12,16,24,28H,1-3H3,(H2,23,25,30)/t16-/m0/s1. The third-order valence-corrected chi connectivity index (χ3v) is 5.24. The van der Waals surface area contributed by atoms with E-state index >= 15 is 0 Å². The number of nitrogens with one attached hydrogen (secondary N) is 3. The largest absolute Gasteiger partial charge is 0.506 e. The summed E-state index contributed by atoms with van der Waals surface area (Å²) in [5, 5.41) is 14.1. The van der Waals surface area contributed by atoms with Gasteiger partial charge in [-0.25, -0.2) is 10.2 Å². The first kappa shape index (κ1) is 19.5. The number of hydrogen-bond donors (Lipinski definition) is 4. The number of carbonyl (C=O) groups is 1. The molecule has 4 rings (SSSR count). The number of benzene rings is 2. The minimum Gasteiger partial charge on any atom is -0.506 e. The van der Waals surface area contributed by atoms with Crippen LogP contribution >= 0.6 is 0 Å². The molecular weight excluding hydrogens is 382 g/mol. The Morgan fingerprint density at radius 1 is 1.03 bits per heavy atom. The number of pyridine rings is 1. The summed E-state index contributed by atoms with van der Waals surface area (Å²) in [7, 11) is 5.55. The van der Waals surface area contributed by atoms with Gasteiger partial charge in [-0.1, -0.05) is 24.3 Å². The molecule has 8 heteroatoms. The number of para-hydroxylation sites is 1. The molecule has 0 fully saturated rings. The van der Waals surface area contributed by atoms with Crippen molar-refractivity contribution in [3.8, 4) is 5.75 Å². The van der Waals surface area contributed by atoms with Gasteiger partial charge in [0.25, 0.3) is 5.56 Å². The van der Waals surface area contributed by atoms with E-state index in [0.717, 1.165) is 11.3 Å². The van der Waals surface area contributed by atoms with Crippen molar-refractivity contribution in [3.63, 3.8) is 0 Å². The lowest BCUT2D eigenvalue weighted by molar-refractivity contribution is 0.240. The molecule has 0 unspecified atom stereocenters. The average Bonchev–Trinajstić information content (AvgIpc) is 2.94. The van der Waals surface area contributed by atoms with Crippen molar-refractivity contribution in [2.45, 2.75) is 6.04 Å². The minimum atomic E-state index is -0.525. The van der Waals surface area contributed by atoms with Gasteiger partial charge in [0.2, 0.25) is 0 Å². The first-order chi connectivity index (χ1) is 14.4. The van der Waals surface area contributed by atoms with Crippen molar-refractivity contribution in [1.29, 1.82) is 0 Å². The van der Waals surface area contributed by atoms with Crippen LogP contribution in [0.2, 0.25) is 0 Å². The molecule has 0 bridgehead atoms. The molecule has 1 aliphatic heterocycles. The van der Waals surface area contributed by atoms with Gasteiger partial charge in [0, 0.05) is 32.2 Å². The summed E-state index contributed by atoms with van der Waals surface area (Å²) < 4.78 is 1.46. The number of aryl methyl sites for hydroxylation is 1. The zero-order valence-corrected chi connectivity index (χ0v) is 16.9. The summed E-state index contributed by atoms with van der Waals surface area (Å²) in [4.78, 5) is 27.3. The number of nitrogens with zero attached hydrogens (tertiary/aromatic N) is 2. The fourth-order valence-electron chi connectivity index (χ4n) is 3.57. The van der Waals surface area contributed by atoms with Crippen molar-refractivity contribution >= 4 is 28.3 Å². The Morgan fingerprint density at radius 3 is 2.43 bits per heavy atom. The van der Waals surface area contributed by atoms with Crippen molar-refractivity contribution in [1.82, 2.24) is 20.7 Å². The molecule has 8 nitrogen and oxygen atoms in total. The van der Waals surface area contributed by atoms with E-state index in [1.807, 2.05) is 43.3 Å². The number of aromatic hydroxyl groups is 1. The van der Waals surface area contributed by atoms with E-state index in [-0.39, 0.29) is 17.0 Å². The summed E-state index contributed by atoms with van der Waals surface area (Å²) in [5.74, 6) is -0.163. The molecule has 1 aromatic heterocycles. The third-order valence-electron chi connectivity index (χ3n) is 5.24. The maximum absolute atomic E-state index is 13.0. The van der Waals surface area contributed by atoms with Crippen LogP contribution in [0.4, 0.5) is 10.5 Å². The molecule has 30 heavy (non-hydrogen) atoms. The summed E-state index contributed by atoms with van der Waals surface area (Å²) in [5.41, 5.74) is 7.93. The summed E-state index contributed by atoms with van der Waals surface area (Å²) in [6, 6.07) is 14.0. The highest BCUT2D eigenvalue weighted by molar-refractivity contribution is 5.94. The Labute approximate surface area is 173 Å². The zero-order valence-electron chi connectivity index (χ0n) is 16.9. The summed E-state index contributed by atoms with van der Waals surface area (Å²) in [6.07, 6.45) is 1.72. The Balaban J connectivity index is 1.86. The Bertz CT molecular complexity index is 1210. The van der Waals surface area contributed by atoms with Crippen molar-refractivity contribution < 1.29 is 9.90 Å². The second-order valence-corrected chi connectivity index (χ2v) is 7.37. The molecule has 2 heterocycles. The molecule has 0 saturated carbocycles. The monoisotopic (exact) mass is 405 g/mol. The lowest BCUT2D eigenvalue weighted by Gasteiger charge is -2.17. The quantitative estimate of drug-likeness (QED) is 0.536. The average molecular weight is 405 g/mol. The van der Waals surface area contributed by atoms with Gasteiger partial charge in [-0.3, -0.25) is 10.2 Å². The van der Waals surface area contributed by atoms with Crippen LogP contribution in [-0.2, 0) is 7.05 Å². The zero-order chi connectivity index (χ0) is 21.4. The molecule has 0 saturated heterocycles. The van der Waals surface area contributed by atoms with Gasteiger partial charge < -0.3 is 19.9 Å². The number of amides is 2. The molecule has 2 aromatic carbocycles. The first-order valence-electron chi connectivity index (χ1n) is 9.49. The summed E-state index contributed by atoms with van der Waals surface area (Å²) >= 11 is 0. The number of aromatic nitrogens is 1. The number of urea groups is 1. The predicted octanol–water partition coefficient (Wildman–Crippen LogP) is 2.21. The highest BCUT2D eigenvalue weighted by Crippen LogP contribution is 2.31. The normalized spacial score (nSPS) is 16.4. The number of carbonyl (C=O) groups excluding carboxylic acids is 1. The molecule has 0 radical (unpaired) electrons. The maximum atomic E-state index is 13.0. The smallest absolute Gasteiger partial charge is 0.333 e. The van der Waals surface area contributed by atoms with E-state index in [0.29, 0.717) is 10.9 Å². The van der Waals surface area contributed by atoms with E-state index in [1.165, 1.54) is 4.57 Å². The van der Waals surface area contributed by atoms with Crippen molar-refractivity contribution in [2.24, 2.45) is 7.05 Å². The second-order valence-electron chi connectivity index (χ2n) is 7.37. The summed E-state index contributed by atoms with van der Waals surface area (Å²) in [6.45, 7) is 0. The highest BCUT2D eigenvalue weighted by atomic mass is 16.3. The fourth-order valence-corrected chi connectivity index (χ4v) is 3.57. The second kappa shape index (κ2) is 7.57. The van der Waals surface area contributed by atoms with Crippen LogP contribution < -0.4 is 26.6 Å². The Hall–Kier alpha value is -3.78. The lowest BCUT2D eigenvalue weighted by atomic mass is 10.0. The maximum Gasteiger partial charge on any atom is 0.333 e. The van der Waals surface area contributed by atoms with Crippen LogP contribution in [0.15, 0.2) is 59.4 Å². The number of hydrogen-bond acceptors (Lipinski definition) is 5. The van der Waals surface area contributed by atoms with E-state index in [4.69, 9.17) is 0 Å². The molecule has 1 atom stereocenters. The van der Waals surface area contributed by atoms with Crippen molar-refractivity contribution in [3.05, 3.63) is 76.1 Å². The van der Waals surface area contributed by atoms with E-state index in [9.17, 15) is 14.7 Å². The SMILES string of the molecule is CN(C)c1ccc([C@@H]2C=C(c3c(O)c4ccccc4n(C)c3=O)NC(=O)NN2)cc1. The van der Waals surface area contributed by atoms with Crippen LogP contribution in [0.25, 0.3) is 16.6 Å². The fraction of sp³-hybridized carbons (Fsp3) is 0.182. The van der Waals surface area contributed by atoms with Gasteiger partial charge in [0.05, 0.1) is 17.3 Å². The molecule has 3 aromatic rings. The Morgan fingerprint density at radius 2 is 1.73 bits per heavy atom. The minimum absolute atomic E-state index is 0.0463. The van der Waals surface area contributed by atoms with E-state index in [1.54, 1.807) is 37.4 Å². The van der Waals surface area contributed by atoms with Gasteiger partial charge in [-0.05, 0) is 35.9 Å². The molecule has 1 aliphatic rings. The van der Waals surface area contributed by atoms with Gasteiger partial charge in [0.1, 0.15) is 11.3 Å². The molecule has 2 amide bonds. The first-order valence-corrected chi connectivity index (χ1v) is 9.49. The van der Waals surface area contributed by atoms with Gasteiger partial charge in [-0.2, -0.15) is 0 Å². The number of rotatable bonds is 3. The number of fused-ring (bicyclic) bond motifs is 1. The third kappa shape index (κ3) is 3.37. The highest BCUT2D eigenvalue weighted by Gasteiger charge is 2.24. The van der Waals surface area contributed by atoms with E-state index in [2.05, 4.69) is 16.2 Å². The molecular formula is C22H23N5O3. The topological polar surface area (TPSA) is 98.6 Å². The van der Waals surface area contributed by atoms with Crippen LogP contribution in [0.3, 0.4) is 0 Å². The van der Waals surface area contributed by atoms with Crippen LogP contribution in [-0.4, -0.2) is 29.8 Å². The molecule has 0 aliphatic carbocycles. The van der Waals surface area contributed by atoms with Crippen LogP contribution in [0, 0.1) is 0 Å². The molecule has 0 spiro atoms. The van der Waals surface area contributed by atoms with Gasteiger partial charge in [-0.15, -0.1) is 0 Å². The Kier molecular flexibility index (Phi) is 4.93. The molecule has 154 valence electrons.